The van der Waals surface area contributed by atoms with Crippen LogP contribution in [0.4, 0.5) is 0 Å². The zero-order chi connectivity index (χ0) is 24.1. The van der Waals surface area contributed by atoms with Gasteiger partial charge in [0.2, 0.25) is 0 Å². The van der Waals surface area contributed by atoms with Crippen LogP contribution in [0.15, 0.2) is 110 Å². The maximum atomic E-state index is 6.30. The molecule has 171 valence electrons. The van der Waals surface area contributed by atoms with E-state index in [1.807, 2.05) is 36.4 Å². The largest absolute Gasteiger partial charge is 0.882 e. The molecule has 0 saturated heterocycles. The van der Waals surface area contributed by atoms with Crippen LogP contribution < -0.4 is 26.0 Å². The van der Waals surface area contributed by atoms with Crippen molar-refractivity contribution < 1.29 is 26.0 Å². The van der Waals surface area contributed by atoms with Crippen molar-refractivity contribution in [2.24, 2.45) is 0 Å². The van der Waals surface area contributed by atoms with Gasteiger partial charge in [-0.3, -0.25) is 0 Å². The van der Waals surface area contributed by atoms with Crippen LogP contribution in [0.2, 0.25) is 0 Å². The highest BCUT2D eigenvalue weighted by Crippen LogP contribution is 2.28. The molecule has 0 bridgehead atoms. The van der Waals surface area contributed by atoms with Gasteiger partial charge in [-0.2, -0.15) is 0 Å². The van der Waals surface area contributed by atoms with Crippen LogP contribution in [-0.4, -0.2) is 23.0 Å². The molecule has 0 spiro atoms. The van der Waals surface area contributed by atoms with Gasteiger partial charge < -0.3 is 12.3 Å². The molecular formula is C29H22AlN3O3+3. The van der Waals surface area contributed by atoms with Gasteiger partial charge in [-0.25, -0.2) is 0 Å². The Labute approximate surface area is 214 Å². The summed E-state index contributed by atoms with van der Waals surface area (Å²) in [5.41, 5.74) is 3.01. The maximum absolute atomic E-state index is 6.30. The fraction of sp³-hybridized carbons (Fsp3) is 0.0690. The second-order valence-electron chi connectivity index (χ2n) is 8.71. The Bertz CT molecular complexity index is 1670. The standard InChI is InChI=1S/C29H22N3O3.Al/c1-35-25-16-4-10-22-13-7-19-32(28(22)25)29(30-17-5-11-20-8-2-14-23(33)26(20)30)31-18-6-12-21-9-3-15-24(34)27(21)31;/h2-19,29H,1H3;/q+1;+2. The predicted molar refractivity (Wildman–Crippen MR) is 136 cm³/mol. The lowest BCUT2D eigenvalue weighted by atomic mass is 10.1. The lowest BCUT2D eigenvalue weighted by molar-refractivity contribution is -1.10. The summed E-state index contributed by atoms with van der Waals surface area (Å²) in [6.07, 6.45) is 6.03. The summed E-state index contributed by atoms with van der Waals surface area (Å²) in [7, 11) is 1.72. The number of para-hydroxylation sites is 3. The second kappa shape index (κ2) is 8.49. The molecule has 3 aromatic carbocycles. The Balaban J connectivity index is 1.68. The smallest absolute Gasteiger partial charge is 0.611 e. The quantitative estimate of drug-likeness (QED) is 0.275. The van der Waals surface area contributed by atoms with Crippen LogP contribution in [0, 0.1) is 0 Å². The molecule has 7 heteroatoms. The summed E-state index contributed by atoms with van der Waals surface area (Å²) < 4.78 is 25.3. The monoisotopic (exact) mass is 487 g/mol. The minimum Gasteiger partial charge on any atom is -0.611 e. The van der Waals surface area contributed by atoms with E-state index >= 15 is 0 Å². The molecule has 36 heavy (non-hydrogen) atoms. The van der Waals surface area contributed by atoms with E-state index in [9.17, 15) is 0 Å². The molecule has 0 unspecified atom stereocenters. The van der Waals surface area contributed by atoms with Crippen LogP contribution in [0.3, 0.4) is 0 Å². The van der Waals surface area contributed by atoms with Crippen LogP contribution >= 0.6 is 0 Å². The van der Waals surface area contributed by atoms with Crippen molar-refractivity contribution in [1.29, 1.82) is 0 Å². The Morgan fingerprint density at radius 1 is 0.583 bits per heavy atom. The summed E-state index contributed by atoms with van der Waals surface area (Å²) in [6, 6.07) is 31.1. The van der Waals surface area contributed by atoms with Crippen LogP contribution in [0.1, 0.15) is 6.29 Å². The maximum Gasteiger partial charge on any atom is 0.882 e. The molecule has 6 nitrogen and oxygen atoms in total. The zero-order valence-corrected chi connectivity index (χ0v) is 20.8. The molecule has 0 saturated carbocycles. The van der Waals surface area contributed by atoms with E-state index in [0.717, 1.165) is 50.0 Å². The third kappa shape index (κ3) is 3.21. The molecule has 0 fully saturated rings. The molecule has 0 N–H and O–H groups in total. The number of pyridine rings is 3. The number of nitrogens with zero attached hydrogens (tertiary/aromatic N) is 3. The SMILES string of the molecule is COc1cccc2ccc[n+](C3[n+]4cccc5cccc(c54)[O][Al][O]c4cccc5ccc[n+]3c45)c12. The van der Waals surface area contributed by atoms with E-state index in [2.05, 4.69) is 86.9 Å². The van der Waals surface area contributed by atoms with Gasteiger partial charge in [0, 0.05) is 18.2 Å². The number of rotatable bonds is 2. The van der Waals surface area contributed by atoms with E-state index < -0.39 is 15.9 Å². The third-order valence-electron chi connectivity index (χ3n) is 6.75. The summed E-state index contributed by atoms with van der Waals surface area (Å²) in [4.78, 5) is 0. The van der Waals surface area contributed by atoms with E-state index in [-0.39, 0.29) is 6.29 Å². The Hall–Kier alpha value is -4.18. The van der Waals surface area contributed by atoms with Crippen molar-refractivity contribution >= 4 is 48.6 Å². The number of hydrogen-bond acceptors (Lipinski definition) is 3. The summed E-state index contributed by atoms with van der Waals surface area (Å²) in [5.74, 6) is 2.41. The van der Waals surface area contributed by atoms with Gasteiger partial charge in [-0.1, -0.05) is 31.9 Å². The normalized spacial score (nSPS) is 13.1. The zero-order valence-electron chi connectivity index (χ0n) is 19.6. The second-order valence-corrected chi connectivity index (χ2v) is 9.37. The molecule has 0 amide bonds. The lowest BCUT2D eigenvalue weighted by Crippen LogP contribution is -2.71. The Kier molecular flexibility index (Phi) is 4.98. The van der Waals surface area contributed by atoms with Crippen molar-refractivity contribution in [3.05, 3.63) is 110 Å². The molecular weight excluding hydrogens is 465 g/mol. The van der Waals surface area contributed by atoms with Gasteiger partial charge in [0.25, 0.3) is 16.6 Å². The number of benzene rings is 3. The van der Waals surface area contributed by atoms with Gasteiger partial charge in [-0.05, 0) is 54.6 Å². The highest BCUT2D eigenvalue weighted by Gasteiger charge is 2.44. The lowest BCUT2D eigenvalue weighted by Gasteiger charge is -2.16. The van der Waals surface area contributed by atoms with Gasteiger partial charge in [-0.15, -0.1) is 0 Å². The van der Waals surface area contributed by atoms with Crippen molar-refractivity contribution in [3.8, 4) is 17.2 Å². The van der Waals surface area contributed by atoms with Gasteiger partial charge >= 0.3 is 22.2 Å². The van der Waals surface area contributed by atoms with Crippen molar-refractivity contribution in [2.75, 3.05) is 7.11 Å². The molecule has 1 aliphatic heterocycles. The van der Waals surface area contributed by atoms with Crippen molar-refractivity contribution in [2.45, 2.75) is 6.29 Å². The summed E-state index contributed by atoms with van der Waals surface area (Å²) in [5, 5.41) is 3.27. The summed E-state index contributed by atoms with van der Waals surface area (Å²) in [6.45, 7) is 0. The highest BCUT2D eigenvalue weighted by molar-refractivity contribution is 6.21. The molecule has 4 heterocycles. The summed E-state index contributed by atoms with van der Waals surface area (Å²) >= 11 is -0.751. The molecule has 1 aliphatic rings. The molecule has 0 atom stereocenters. The molecule has 6 aromatic rings. The van der Waals surface area contributed by atoms with Crippen LogP contribution in [0.25, 0.3) is 32.7 Å². The van der Waals surface area contributed by atoms with Gasteiger partial charge in [0.05, 0.1) is 23.3 Å². The van der Waals surface area contributed by atoms with Gasteiger partial charge in [0.1, 0.15) is 0 Å². The van der Waals surface area contributed by atoms with Crippen LogP contribution in [-0.2, 0) is 0 Å². The average Bonchev–Trinajstić information content (AvgIpc) is 2.93. The highest BCUT2D eigenvalue weighted by atomic mass is 27.2. The first-order valence-corrected chi connectivity index (χ1v) is 12.8. The third-order valence-corrected chi connectivity index (χ3v) is 7.45. The number of ether oxygens (including phenoxy) is 1. The Morgan fingerprint density at radius 2 is 1.03 bits per heavy atom. The first-order valence-electron chi connectivity index (χ1n) is 11.8. The average molecular weight is 487 g/mol. The van der Waals surface area contributed by atoms with E-state index in [4.69, 9.17) is 12.3 Å². The van der Waals surface area contributed by atoms with Crippen molar-refractivity contribution in [3.63, 3.8) is 0 Å². The minimum absolute atomic E-state index is 0.319. The fourth-order valence-electron chi connectivity index (χ4n) is 5.25. The topological polar surface area (TPSA) is 39.3 Å². The van der Waals surface area contributed by atoms with Gasteiger partial charge in [0.15, 0.2) is 35.8 Å². The fourth-order valence-corrected chi connectivity index (χ4v) is 5.89. The molecule has 3 aromatic heterocycles. The van der Waals surface area contributed by atoms with E-state index in [1.54, 1.807) is 7.11 Å². The first-order chi connectivity index (χ1) is 17.8. The van der Waals surface area contributed by atoms with E-state index in [1.165, 1.54) is 0 Å². The predicted octanol–water partition coefficient (Wildman–Crippen LogP) is 3.88. The van der Waals surface area contributed by atoms with E-state index in [0.29, 0.717) is 0 Å². The minimum atomic E-state index is -0.751. The molecule has 7 rings (SSSR count). The number of fused-ring (bicyclic) bond motifs is 1. The number of aromatic nitrogens is 3. The van der Waals surface area contributed by atoms with Crippen molar-refractivity contribution in [1.82, 2.24) is 0 Å². The van der Waals surface area contributed by atoms with Crippen LogP contribution in [0.5, 0.6) is 17.2 Å². The first kappa shape index (κ1) is 21.1. The molecule has 0 aliphatic carbocycles. The Morgan fingerprint density at radius 3 is 1.56 bits per heavy atom. The number of methoxy groups -OCH3 is 1. The molecule has 1 radical (unpaired) electrons. The number of hydrogen-bond donors (Lipinski definition) is 0.